The van der Waals surface area contributed by atoms with Crippen LogP contribution in [-0.4, -0.2) is 6.61 Å². The van der Waals surface area contributed by atoms with Gasteiger partial charge in [-0.25, -0.2) is 4.57 Å². The van der Waals surface area contributed by atoms with Crippen molar-refractivity contribution in [3.63, 3.8) is 0 Å². The Hall–Kier alpha value is -0.790. The third-order valence-electron chi connectivity index (χ3n) is 3.09. The molecule has 0 amide bonds. The van der Waals surface area contributed by atoms with Gasteiger partial charge in [0.2, 0.25) is 0 Å². The summed E-state index contributed by atoms with van der Waals surface area (Å²) >= 11 is 0. The average Bonchev–Trinajstić information content (AvgIpc) is 2.42. The van der Waals surface area contributed by atoms with Gasteiger partial charge in [-0.3, -0.25) is 0 Å². The zero-order chi connectivity index (χ0) is 14.6. The monoisotopic (exact) mass is 298 g/mol. The van der Waals surface area contributed by atoms with Gasteiger partial charge in [-0.15, -0.1) is 0 Å². The molecule has 0 fully saturated rings. The second-order valence-corrected chi connectivity index (χ2v) is 6.46. The summed E-state index contributed by atoms with van der Waals surface area (Å²) in [5, 5.41) is 0. The molecule has 0 saturated carbocycles. The molecule has 1 aromatic carbocycles. The summed E-state index contributed by atoms with van der Waals surface area (Å²) in [7, 11) is -2.40. The van der Waals surface area contributed by atoms with Gasteiger partial charge in [-0.1, -0.05) is 64.2 Å². The molecule has 0 radical (unpaired) electrons. The van der Waals surface area contributed by atoms with Crippen LogP contribution >= 0.6 is 8.25 Å². The molecular formula is C16H27O3P. The van der Waals surface area contributed by atoms with Crippen LogP contribution < -0.4 is 4.52 Å². The highest BCUT2D eigenvalue weighted by Gasteiger charge is 2.01. The highest BCUT2D eigenvalue weighted by molar-refractivity contribution is 7.33. The van der Waals surface area contributed by atoms with E-state index in [0.29, 0.717) is 12.4 Å². The van der Waals surface area contributed by atoms with E-state index in [0.717, 1.165) is 18.8 Å². The molecule has 0 N–H and O–H groups in total. The van der Waals surface area contributed by atoms with Crippen LogP contribution in [0.5, 0.6) is 5.75 Å². The minimum atomic E-state index is -2.40. The van der Waals surface area contributed by atoms with Gasteiger partial charge in [0, 0.05) is 0 Å². The first-order chi connectivity index (χ1) is 9.68. The van der Waals surface area contributed by atoms with Gasteiger partial charge in [-0.05, 0) is 24.5 Å². The van der Waals surface area contributed by atoms with Crippen LogP contribution in [-0.2, 0) is 9.09 Å². The first-order valence-electron chi connectivity index (χ1n) is 7.58. The van der Waals surface area contributed by atoms with Crippen molar-refractivity contribution in [2.75, 3.05) is 6.61 Å². The summed E-state index contributed by atoms with van der Waals surface area (Å²) in [6.07, 6.45) is 7.24. The lowest BCUT2D eigenvalue weighted by atomic mass is 10.0. The van der Waals surface area contributed by atoms with Crippen LogP contribution in [0.3, 0.4) is 0 Å². The summed E-state index contributed by atoms with van der Waals surface area (Å²) in [5.74, 6) is 1.41. The van der Waals surface area contributed by atoms with Gasteiger partial charge in [0.25, 0.3) is 0 Å². The minimum Gasteiger partial charge on any atom is -0.426 e. The van der Waals surface area contributed by atoms with Crippen LogP contribution in [0.1, 0.15) is 52.4 Å². The second kappa shape index (κ2) is 10.9. The van der Waals surface area contributed by atoms with E-state index in [1.54, 1.807) is 12.1 Å². The summed E-state index contributed by atoms with van der Waals surface area (Å²) in [5.41, 5.74) is 0. The van der Waals surface area contributed by atoms with Crippen molar-refractivity contribution in [2.45, 2.75) is 52.4 Å². The predicted octanol–water partition coefficient (Wildman–Crippen LogP) is 5.47. The molecule has 0 spiro atoms. The van der Waals surface area contributed by atoms with E-state index in [1.165, 1.54) is 25.7 Å². The van der Waals surface area contributed by atoms with Crippen molar-refractivity contribution in [1.29, 1.82) is 0 Å². The Labute approximate surface area is 123 Å². The third kappa shape index (κ3) is 9.17. The molecular weight excluding hydrogens is 271 g/mol. The predicted molar refractivity (Wildman–Crippen MR) is 84.6 cm³/mol. The molecule has 0 bridgehead atoms. The second-order valence-electron chi connectivity index (χ2n) is 5.46. The minimum absolute atomic E-state index is 0.523. The topological polar surface area (TPSA) is 35.5 Å². The molecule has 1 unspecified atom stereocenters. The number of para-hydroxylation sites is 1. The van der Waals surface area contributed by atoms with Crippen LogP contribution in [0.15, 0.2) is 30.3 Å². The first-order valence-corrected chi connectivity index (χ1v) is 8.80. The van der Waals surface area contributed by atoms with Gasteiger partial charge in [-0.2, -0.15) is 0 Å². The highest BCUT2D eigenvalue weighted by Crippen LogP contribution is 2.27. The lowest BCUT2D eigenvalue weighted by molar-refractivity contribution is 0.277. The number of rotatable bonds is 11. The normalized spacial score (nSPS) is 12.6. The molecule has 114 valence electrons. The Morgan fingerprint density at radius 3 is 2.35 bits per heavy atom. The maximum absolute atomic E-state index is 11.6. The van der Waals surface area contributed by atoms with Crippen molar-refractivity contribution >= 4 is 8.25 Å². The van der Waals surface area contributed by atoms with Gasteiger partial charge >= 0.3 is 8.25 Å². The number of unbranched alkanes of at least 4 members (excludes halogenated alkanes) is 4. The molecule has 0 saturated heterocycles. The van der Waals surface area contributed by atoms with E-state index in [4.69, 9.17) is 9.05 Å². The van der Waals surface area contributed by atoms with Gasteiger partial charge < -0.3 is 9.05 Å². The molecule has 1 atom stereocenters. The Bertz CT molecular complexity index is 365. The molecule has 1 aromatic rings. The first kappa shape index (κ1) is 17.3. The van der Waals surface area contributed by atoms with E-state index in [2.05, 4.69) is 13.8 Å². The Balaban J connectivity index is 1.95. The molecule has 4 heteroatoms. The Morgan fingerprint density at radius 1 is 1.00 bits per heavy atom. The highest BCUT2D eigenvalue weighted by atomic mass is 31.1. The molecule has 0 heterocycles. The molecule has 1 rings (SSSR count). The Morgan fingerprint density at radius 2 is 1.65 bits per heavy atom. The van der Waals surface area contributed by atoms with Crippen LogP contribution in [0, 0.1) is 5.92 Å². The molecule has 0 aliphatic rings. The quantitative estimate of drug-likeness (QED) is 0.401. The van der Waals surface area contributed by atoms with Crippen molar-refractivity contribution < 1.29 is 13.6 Å². The zero-order valence-corrected chi connectivity index (χ0v) is 13.6. The molecule has 0 aliphatic heterocycles. The van der Waals surface area contributed by atoms with Gasteiger partial charge in [0.05, 0.1) is 6.61 Å². The summed E-state index contributed by atoms with van der Waals surface area (Å²) in [6.45, 7) is 5.05. The van der Waals surface area contributed by atoms with Crippen molar-refractivity contribution in [3.05, 3.63) is 30.3 Å². The lowest BCUT2D eigenvalue weighted by Crippen LogP contribution is -1.91. The van der Waals surface area contributed by atoms with E-state index in [9.17, 15) is 4.57 Å². The fourth-order valence-electron chi connectivity index (χ4n) is 1.95. The van der Waals surface area contributed by atoms with Crippen molar-refractivity contribution in [3.8, 4) is 5.75 Å². The van der Waals surface area contributed by atoms with Crippen molar-refractivity contribution in [2.24, 2.45) is 5.92 Å². The van der Waals surface area contributed by atoms with Gasteiger partial charge in [0.15, 0.2) is 0 Å². The number of hydrogen-bond donors (Lipinski definition) is 0. The lowest BCUT2D eigenvalue weighted by Gasteiger charge is -2.07. The van der Waals surface area contributed by atoms with E-state index in [-0.39, 0.29) is 0 Å². The number of benzene rings is 1. The van der Waals surface area contributed by atoms with Crippen LogP contribution in [0.2, 0.25) is 0 Å². The van der Waals surface area contributed by atoms with Crippen LogP contribution in [0.4, 0.5) is 0 Å². The molecule has 0 aliphatic carbocycles. The largest absolute Gasteiger partial charge is 0.426 e. The average molecular weight is 298 g/mol. The summed E-state index contributed by atoms with van der Waals surface area (Å²) in [4.78, 5) is 0. The zero-order valence-electron chi connectivity index (χ0n) is 12.6. The van der Waals surface area contributed by atoms with Crippen molar-refractivity contribution in [1.82, 2.24) is 0 Å². The maximum Gasteiger partial charge on any atom is 0.367 e. The standard InChI is InChI=1S/C16H27O3P/c1-15(2)11-7-4-3-5-10-14-18-20(17)19-16-12-8-6-9-13-16/h6,8-9,12-13,15,20H,3-5,7,10-11,14H2,1-2H3. The fourth-order valence-corrected chi connectivity index (χ4v) is 2.65. The van der Waals surface area contributed by atoms with Gasteiger partial charge in [0.1, 0.15) is 5.75 Å². The van der Waals surface area contributed by atoms with E-state index < -0.39 is 8.25 Å². The Kier molecular flexibility index (Phi) is 9.44. The molecule has 20 heavy (non-hydrogen) atoms. The van der Waals surface area contributed by atoms with E-state index >= 15 is 0 Å². The van der Waals surface area contributed by atoms with Crippen LogP contribution in [0.25, 0.3) is 0 Å². The molecule has 0 aromatic heterocycles. The third-order valence-corrected chi connectivity index (χ3v) is 3.93. The van der Waals surface area contributed by atoms with E-state index in [1.807, 2.05) is 18.2 Å². The maximum atomic E-state index is 11.6. The fraction of sp³-hybridized carbons (Fsp3) is 0.625. The summed E-state index contributed by atoms with van der Waals surface area (Å²) < 4.78 is 22.0. The number of hydrogen-bond acceptors (Lipinski definition) is 3. The molecule has 3 nitrogen and oxygen atoms in total. The SMILES string of the molecule is CC(C)CCCCCCCO[PH](=O)Oc1ccccc1. The summed E-state index contributed by atoms with van der Waals surface area (Å²) in [6, 6.07) is 9.15. The smallest absolute Gasteiger partial charge is 0.367 e.